The van der Waals surface area contributed by atoms with Crippen LogP contribution in [-0.4, -0.2) is 271 Å². The van der Waals surface area contributed by atoms with E-state index in [1.165, 1.54) is 17.1 Å². The molecule has 0 bridgehead atoms. The number of aliphatic imine (C=N–C) groups is 2. The molecule has 0 aromatic carbocycles. The summed E-state index contributed by atoms with van der Waals surface area (Å²) in [6.45, 7) is 4.70. The molecule has 0 aromatic heterocycles. The quantitative estimate of drug-likeness (QED) is 0.0118. The number of aliphatic hydroxyl groups is 4. The average Bonchev–Trinajstić information content (AvgIpc) is 3.51. The highest BCUT2D eigenvalue weighted by molar-refractivity contribution is 5.85. The topological polar surface area (TPSA) is 474 Å². The van der Waals surface area contributed by atoms with Crippen LogP contribution in [0.3, 0.4) is 0 Å². The van der Waals surface area contributed by atoms with Crippen molar-refractivity contribution in [3.63, 3.8) is 0 Å². The number of rotatable bonds is 43. The van der Waals surface area contributed by atoms with Crippen molar-refractivity contribution in [1.29, 1.82) is 0 Å². The molecular weight excluding hydrogens is 1070 g/mol. The average molecular weight is 1150 g/mol. The number of carboxylic acids is 2. The van der Waals surface area contributed by atoms with Crippen molar-refractivity contribution < 1.29 is 111 Å². The smallest absolute Gasteiger partial charge is 0.407 e. The van der Waals surface area contributed by atoms with E-state index in [0.717, 1.165) is 0 Å². The van der Waals surface area contributed by atoms with Crippen LogP contribution in [0.2, 0.25) is 0 Å². The van der Waals surface area contributed by atoms with Crippen LogP contribution in [0, 0.1) is 24.2 Å². The van der Waals surface area contributed by atoms with Gasteiger partial charge in [0, 0.05) is 38.0 Å². The lowest BCUT2D eigenvalue weighted by molar-refractivity contribution is -0.147. The molecule has 16 N–H and O–H groups in total. The maximum absolute atomic E-state index is 13.3. The first kappa shape index (κ1) is 69.8. The van der Waals surface area contributed by atoms with Crippen LogP contribution in [-0.2, 0) is 71.2 Å². The van der Waals surface area contributed by atoms with Gasteiger partial charge >= 0.3 is 24.1 Å². The SMILES string of the molecule is C#CCOCCOCCOCCOCCC(=O)N(CCOCCOCCNC(=O)O[C@@H]([C@@H]1OC(C(=O)O)=C[C@H](N=C(N)N)[C@H]1C)[C@H](O)CO)CCOCCOCCNC(=O)O[C@@H]([C@@H]1OC(C(=O)O)=C[C@H](N=C(N)N)[C@H]1C)[C@H](O)CO. The molecule has 3 amide bonds. The number of nitrogens with two attached hydrogens (primary N) is 4. The van der Waals surface area contributed by atoms with Gasteiger partial charge in [-0.05, 0) is 12.2 Å². The fourth-order valence-corrected chi connectivity index (χ4v) is 7.40. The third kappa shape index (κ3) is 28.2. The van der Waals surface area contributed by atoms with Crippen LogP contribution < -0.4 is 33.6 Å². The number of alkyl carbamates (subject to hydrolysis) is 2. The predicted molar refractivity (Wildman–Crippen MR) is 278 cm³/mol. The molecule has 0 fully saturated rings. The minimum atomic E-state index is -1.66. The van der Waals surface area contributed by atoms with Gasteiger partial charge in [0.1, 0.15) is 31.0 Å². The summed E-state index contributed by atoms with van der Waals surface area (Å²) in [4.78, 5) is 71.7. The van der Waals surface area contributed by atoms with Gasteiger partial charge in [-0.25, -0.2) is 29.2 Å². The molecule has 0 spiro atoms. The number of terminal acetylenes is 1. The van der Waals surface area contributed by atoms with Crippen LogP contribution in [0.4, 0.5) is 9.59 Å². The molecule has 0 saturated carbocycles. The molecule has 0 aromatic rings. The lowest BCUT2D eigenvalue weighted by Crippen LogP contribution is -2.52. The number of carbonyl (C=O) groups is 5. The number of hydrogen-bond donors (Lipinski definition) is 12. The molecule has 10 atom stereocenters. The maximum Gasteiger partial charge on any atom is 0.407 e. The normalized spacial score (nSPS) is 20.1. The summed E-state index contributed by atoms with van der Waals surface area (Å²) in [7, 11) is 0. The molecule has 2 heterocycles. The number of ether oxygens (including phenoxy) is 12. The number of nitrogens with one attached hydrogen (secondary N) is 2. The molecular formula is C48H81N9O23. The van der Waals surface area contributed by atoms with Gasteiger partial charge in [0.05, 0.1) is 131 Å². The second kappa shape index (κ2) is 40.8. The van der Waals surface area contributed by atoms with E-state index in [9.17, 15) is 54.6 Å². The van der Waals surface area contributed by atoms with Crippen molar-refractivity contribution in [2.75, 3.05) is 145 Å². The van der Waals surface area contributed by atoms with E-state index in [1.807, 2.05) is 0 Å². The van der Waals surface area contributed by atoms with E-state index >= 15 is 0 Å². The number of aliphatic hydroxyl groups excluding tert-OH is 4. The standard InChI is InChI=1S/C48H81N9O23/c1-4-10-69-16-22-75-24-25-76-23-17-70-11-5-38(62)57(8-14-73-20-18-71-12-6-53-47(67)79-41(34(60)28-58)39-30(2)32(55-45(49)50)26-36(77-39)43(63)64)9-15-74-21-19-72-13-7-54-48(68)80-42(35(61)29-59)40-31(3)33(56-46(51)52)27-37(78-40)44(65)66/h1,26-27,30-35,39-42,58-61H,5-25,28-29H2,2-3H3,(H,53,67)(H,54,68)(H,63,64)(H,65,66)(H4,49,50,55)(H4,51,52,56)/t30-,31-,32+,33+,34-,35-,39-,40-,41-,42-/m1/s1. The number of carbonyl (C=O) groups excluding carboxylic acids is 3. The Morgan fingerprint density at radius 2 is 0.950 bits per heavy atom. The van der Waals surface area contributed by atoms with Gasteiger partial charge < -0.3 is 126 Å². The number of guanidine groups is 2. The van der Waals surface area contributed by atoms with Crippen molar-refractivity contribution in [1.82, 2.24) is 15.5 Å². The number of nitrogens with zero attached hydrogens (tertiary/aromatic N) is 3. The van der Waals surface area contributed by atoms with E-state index in [2.05, 4.69) is 26.5 Å². The third-order valence-electron chi connectivity index (χ3n) is 11.5. The molecule has 32 nitrogen and oxygen atoms in total. The van der Waals surface area contributed by atoms with E-state index in [0.29, 0.717) is 26.4 Å². The zero-order valence-corrected chi connectivity index (χ0v) is 45.0. The van der Waals surface area contributed by atoms with Crippen molar-refractivity contribution in [3.8, 4) is 12.3 Å². The number of amides is 3. The lowest BCUT2D eigenvalue weighted by atomic mass is 9.87. The highest BCUT2D eigenvalue weighted by Crippen LogP contribution is 2.32. The highest BCUT2D eigenvalue weighted by atomic mass is 16.6. The summed E-state index contributed by atoms with van der Waals surface area (Å²) in [5.74, 6) is -3.97. The number of carboxylic acid groups (broad SMARTS) is 2. The molecule has 0 aliphatic carbocycles. The van der Waals surface area contributed by atoms with Gasteiger partial charge in [-0.1, -0.05) is 19.8 Å². The summed E-state index contributed by atoms with van der Waals surface area (Å²) >= 11 is 0. The first-order chi connectivity index (χ1) is 38.3. The Kier molecular flexibility index (Phi) is 35.5. The minimum Gasteiger partial charge on any atom is -0.479 e. The minimum absolute atomic E-state index is 0.00395. The number of aliphatic carboxylic acids is 2. The van der Waals surface area contributed by atoms with E-state index in [-0.39, 0.29) is 130 Å². The van der Waals surface area contributed by atoms with Crippen LogP contribution in [0.1, 0.15) is 20.3 Å². The Bertz CT molecular complexity index is 1890. The third-order valence-corrected chi connectivity index (χ3v) is 11.5. The molecule has 0 saturated heterocycles. The zero-order valence-electron chi connectivity index (χ0n) is 45.0. The Labute approximate surface area is 462 Å². The first-order valence-corrected chi connectivity index (χ1v) is 25.6. The van der Waals surface area contributed by atoms with Gasteiger partial charge in [0.2, 0.25) is 17.4 Å². The molecule has 0 unspecified atom stereocenters. The summed E-state index contributed by atoms with van der Waals surface area (Å²) in [6.07, 6.45) is -3.45. The van der Waals surface area contributed by atoms with Gasteiger partial charge in [-0.3, -0.25) is 4.79 Å². The zero-order chi connectivity index (χ0) is 59.2. The lowest BCUT2D eigenvalue weighted by Gasteiger charge is -2.38. The van der Waals surface area contributed by atoms with Crippen molar-refractivity contribution in [3.05, 3.63) is 23.7 Å². The van der Waals surface area contributed by atoms with Gasteiger partial charge in [-0.15, -0.1) is 6.42 Å². The Morgan fingerprint density at radius 1 is 0.600 bits per heavy atom. The van der Waals surface area contributed by atoms with E-state index in [4.69, 9.17) is 86.2 Å². The van der Waals surface area contributed by atoms with Crippen LogP contribution >= 0.6 is 0 Å². The highest BCUT2D eigenvalue weighted by Gasteiger charge is 2.45. The van der Waals surface area contributed by atoms with Crippen LogP contribution in [0.25, 0.3) is 0 Å². The fraction of sp³-hybridized carbons (Fsp3) is 0.729. The Morgan fingerprint density at radius 3 is 1.30 bits per heavy atom. The van der Waals surface area contributed by atoms with Crippen molar-refractivity contribution >= 4 is 42.0 Å². The molecule has 2 rings (SSSR count). The van der Waals surface area contributed by atoms with E-state index < -0.39 is 109 Å². The van der Waals surface area contributed by atoms with Crippen molar-refractivity contribution in [2.24, 2.45) is 44.8 Å². The van der Waals surface area contributed by atoms with Gasteiger partial charge in [0.25, 0.3) is 0 Å². The molecule has 80 heavy (non-hydrogen) atoms. The van der Waals surface area contributed by atoms with Crippen LogP contribution in [0.15, 0.2) is 33.7 Å². The Hall–Kier alpha value is -6.35. The van der Waals surface area contributed by atoms with E-state index in [1.54, 1.807) is 13.8 Å². The number of hydrogen-bond acceptors (Lipinski definition) is 23. The Balaban J connectivity index is 1.81. The summed E-state index contributed by atoms with van der Waals surface area (Å²) < 4.78 is 65.8. The van der Waals surface area contributed by atoms with Gasteiger partial charge in [0.15, 0.2) is 24.1 Å². The molecule has 2 aliphatic rings. The second-order valence-corrected chi connectivity index (χ2v) is 17.4. The second-order valence-electron chi connectivity index (χ2n) is 17.4. The molecule has 0 radical (unpaired) electrons. The largest absolute Gasteiger partial charge is 0.479 e. The van der Waals surface area contributed by atoms with Crippen molar-refractivity contribution in [2.45, 2.75) is 69.0 Å². The monoisotopic (exact) mass is 1150 g/mol. The van der Waals surface area contributed by atoms with Gasteiger partial charge in [-0.2, -0.15) is 0 Å². The summed E-state index contributed by atoms with van der Waals surface area (Å²) in [5, 5.41) is 64.4. The van der Waals surface area contributed by atoms with Crippen LogP contribution in [0.5, 0.6) is 0 Å². The predicted octanol–water partition coefficient (Wildman–Crippen LogP) is -4.84. The first-order valence-electron chi connectivity index (χ1n) is 25.6. The molecule has 2 aliphatic heterocycles. The molecule has 32 heteroatoms. The molecule has 456 valence electrons. The summed E-state index contributed by atoms with van der Waals surface area (Å²) in [5.41, 5.74) is 22.0. The summed E-state index contributed by atoms with van der Waals surface area (Å²) in [6, 6.07) is -1.82. The maximum atomic E-state index is 13.3. The fourth-order valence-electron chi connectivity index (χ4n) is 7.40.